The standard InChI is InChI=1S/C14H19N3O5/c1-20-7-6-15-13(18)14(19)17-16-9-10-4-5-11(21-2)12(8-10)22-3/h4-5,8-9H,6-7H2,1-3H3,(H,15,18)(H,17,19). The summed E-state index contributed by atoms with van der Waals surface area (Å²) in [6.45, 7) is 0.579. The second kappa shape index (κ2) is 9.35. The molecule has 0 aromatic heterocycles. The van der Waals surface area contributed by atoms with Crippen LogP contribution in [0.15, 0.2) is 23.3 Å². The maximum absolute atomic E-state index is 11.4. The second-order valence-electron chi connectivity index (χ2n) is 4.06. The van der Waals surface area contributed by atoms with Crippen molar-refractivity contribution in [3.05, 3.63) is 23.8 Å². The van der Waals surface area contributed by atoms with Crippen molar-refractivity contribution >= 4 is 18.0 Å². The van der Waals surface area contributed by atoms with Crippen LogP contribution in [-0.4, -0.2) is 52.5 Å². The molecular weight excluding hydrogens is 290 g/mol. The molecule has 0 radical (unpaired) electrons. The Bertz CT molecular complexity index is 545. The summed E-state index contributed by atoms with van der Waals surface area (Å²) in [7, 11) is 4.55. The fourth-order valence-electron chi connectivity index (χ4n) is 1.50. The second-order valence-corrected chi connectivity index (χ2v) is 4.06. The number of hydrogen-bond donors (Lipinski definition) is 2. The van der Waals surface area contributed by atoms with Gasteiger partial charge in [0.25, 0.3) is 0 Å². The fraction of sp³-hybridized carbons (Fsp3) is 0.357. The van der Waals surface area contributed by atoms with E-state index in [0.29, 0.717) is 23.7 Å². The molecule has 0 saturated carbocycles. The van der Waals surface area contributed by atoms with Crippen molar-refractivity contribution in [1.29, 1.82) is 0 Å². The third-order valence-electron chi connectivity index (χ3n) is 2.59. The number of ether oxygens (including phenoxy) is 3. The van der Waals surface area contributed by atoms with Crippen LogP contribution in [0.1, 0.15) is 5.56 Å². The first-order valence-electron chi connectivity index (χ1n) is 6.44. The molecule has 8 heteroatoms. The molecule has 0 bridgehead atoms. The molecule has 2 N–H and O–H groups in total. The highest BCUT2D eigenvalue weighted by atomic mass is 16.5. The average molecular weight is 309 g/mol. The number of carbonyl (C=O) groups is 2. The normalized spacial score (nSPS) is 10.3. The maximum atomic E-state index is 11.4. The molecule has 0 fully saturated rings. The molecule has 0 saturated heterocycles. The SMILES string of the molecule is COCCNC(=O)C(=O)NN=Cc1ccc(OC)c(OC)c1. The molecule has 1 aromatic rings. The average Bonchev–Trinajstić information content (AvgIpc) is 2.54. The van der Waals surface area contributed by atoms with Crippen molar-refractivity contribution in [2.75, 3.05) is 34.5 Å². The lowest BCUT2D eigenvalue weighted by molar-refractivity contribution is -0.139. The van der Waals surface area contributed by atoms with Gasteiger partial charge in [0.05, 0.1) is 27.0 Å². The van der Waals surface area contributed by atoms with Crippen molar-refractivity contribution in [2.24, 2.45) is 5.10 Å². The Kier molecular flexibility index (Phi) is 7.41. The summed E-state index contributed by atoms with van der Waals surface area (Å²) in [4.78, 5) is 22.8. The first-order chi connectivity index (χ1) is 10.6. The first-order valence-corrected chi connectivity index (χ1v) is 6.44. The smallest absolute Gasteiger partial charge is 0.329 e. The zero-order valence-electron chi connectivity index (χ0n) is 12.7. The minimum atomic E-state index is -0.854. The number of hydrogen-bond acceptors (Lipinski definition) is 6. The van der Waals surface area contributed by atoms with Crippen LogP contribution in [0.25, 0.3) is 0 Å². The van der Waals surface area contributed by atoms with E-state index in [4.69, 9.17) is 14.2 Å². The first kappa shape index (κ1) is 17.4. The lowest BCUT2D eigenvalue weighted by atomic mass is 10.2. The van der Waals surface area contributed by atoms with Gasteiger partial charge in [-0.3, -0.25) is 9.59 Å². The van der Waals surface area contributed by atoms with Crippen LogP contribution in [0.3, 0.4) is 0 Å². The van der Waals surface area contributed by atoms with Crippen molar-refractivity contribution < 1.29 is 23.8 Å². The number of benzene rings is 1. The van der Waals surface area contributed by atoms with E-state index in [0.717, 1.165) is 0 Å². The third kappa shape index (κ3) is 5.41. The lowest BCUT2D eigenvalue weighted by Gasteiger charge is -2.07. The quantitative estimate of drug-likeness (QED) is 0.318. The van der Waals surface area contributed by atoms with Gasteiger partial charge in [0.15, 0.2) is 11.5 Å². The van der Waals surface area contributed by atoms with Crippen LogP contribution in [0, 0.1) is 0 Å². The molecule has 22 heavy (non-hydrogen) atoms. The van der Waals surface area contributed by atoms with Crippen LogP contribution in [0.4, 0.5) is 0 Å². The highest BCUT2D eigenvalue weighted by Gasteiger charge is 2.11. The zero-order valence-corrected chi connectivity index (χ0v) is 12.7. The van der Waals surface area contributed by atoms with E-state index < -0.39 is 11.8 Å². The Labute approximate surface area is 128 Å². The summed E-state index contributed by atoms with van der Waals surface area (Å²) in [5.74, 6) is -0.509. The van der Waals surface area contributed by atoms with Crippen LogP contribution >= 0.6 is 0 Å². The number of carbonyl (C=O) groups excluding carboxylic acids is 2. The Morgan fingerprint density at radius 2 is 1.86 bits per heavy atom. The number of hydrazone groups is 1. The predicted molar refractivity (Wildman–Crippen MR) is 80.2 cm³/mol. The molecule has 8 nitrogen and oxygen atoms in total. The van der Waals surface area contributed by atoms with Gasteiger partial charge in [-0.2, -0.15) is 5.10 Å². The molecular formula is C14H19N3O5. The van der Waals surface area contributed by atoms with E-state index in [9.17, 15) is 9.59 Å². The Morgan fingerprint density at radius 3 is 2.50 bits per heavy atom. The van der Waals surface area contributed by atoms with Crippen molar-refractivity contribution in [3.8, 4) is 11.5 Å². The molecule has 0 atom stereocenters. The van der Waals surface area contributed by atoms with E-state index in [1.54, 1.807) is 18.2 Å². The molecule has 2 amide bonds. The summed E-state index contributed by atoms with van der Waals surface area (Å²) < 4.78 is 15.0. The van der Waals surface area contributed by atoms with Gasteiger partial charge in [-0.25, -0.2) is 5.43 Å². The number of nitrogens with one attached hydrogen (secondary N) is 2. The fourth-order valence-corrected chi connectivity index (χ4v) is 1.50. The van der Waals surface area contributed by atoms with Crippen LogP contribution in [0.2, 0.25) is 0 Å². The number of methoxy groups -OCH3 is 3. The van der Waals surface area contributed by atoms with Crippen molar-refractivity contribution in [1.82, 2.24) is 10.7 Å². The number of nitrogens with zero attached hydrogens (tertiary/aromatic N) is 1. The maximum Gasteiger partial charge on any atom is 0.329 e. The molecule has 1 rings (SSSR count). The largest absolute Gasteiger partial charge is 0.493 e. The summed E-state index contributed by atoms with van der Waals surface area (Å²) in [5, 5.41) is 6.09. The van der Waals surface area contributed by atoms with E-state index in [2.05, 4.69) is 15.8 Å². The highest BCUT2D eigenvalue weighted by Crippen LogP contribution is 2.26. The summed E-state index contributed by atoms with van der Waals surface area (Å²) in [5.41, 5.74) is 2.81. The molecule has 0 aliphatic carbocycles. The summed E-state index contributed by atoms with van der Waals surface area (Å²) in [6.07, 6.45) is 1.39. The topological polar surface area (TPSA) is 98.2 Å². The van der Waals surface area contributed by atoms with Gasteiger partial charge in [0, 0.05) is 13.7 Å². The van der Waals surface area contributed by atoms with Gasteiger partial charge in [0.1, 0.15) is 0 Å². The van der Waals surface area contributed by atoms with Crippen molar-refractivity contribution in [3.63, 3.8) is 0 Å². The summed E-state index contributed by atoms with van der Waals surface area (Å²) >= 11 is 0. The van der Waals surface area contributed by atoms with Crippen molar-refractivity contribution in [2.45, 2.75) is 0 Å². The number of amides is 2. The minimum absolute atomic E-state index is 0.252. The van der Waals surface area contributed by atoms with E-state index in [-0.39, 0.29) is 6.54 Å². The predicted octanol–water partition coefficient (Wildman–Crippen LogP) is -0.0835. The third-order valence-corrected chi connectivity index (χ3v) is 2.59. The molecule has 0 heterocycles. The van der Waals surface area contributed by atoms with Gasteiger partial charge < -0.3 is 19.5 Å². The molecule has 1 aromatic carbocycles. The van der Waals surface area contributed by atoms with Gasteiger partial charge in [-0.1, -0.05) is 0 Å². The van der Waals surface area contributed by atoms with Gasteiger partial charge in [-0.05, 0) is 23.8 Å². The monoisotopic (exact) mass is 309 g/mol. The lowest BCUT2D eigenvalue weighted by Crippen LogP contribution is -2.39. The molecule has 0 unspecified atom stereocenters. The highest BCUT2D eigenvalue weighted by molar-refractivity contribution is 6.35. The molecule has 0 spiro atoms. The Balaban J connectivity index is 2.55. The van der Waals surface area contributed by atoms with Crippen LogP contribution in [0.5, 0.6) is 11.5 Å². The van der Waals surface area contributed by atoms with Crippen LogP contribution < -0.4 is 20.2 Å². The minimum Gasteiger partial charge on any atom is -0.493 e. The van der Waals surface area contributed by atoms with Gasteiger partial charge >= 0.3 is 11.8 Å². The van der Waals surface area contributed by atoms with E-state index in [1.807, 2.05) is 0 Å². The molecule has 0 aliphatic rings. The Morgan fingerprint density at radius 1 is 1.14 bits per heavy atom. The molecule has 120 valence electrons. The van der Waals surface area contributed by atoms with Gasteiger partial charge in [-0.15, -0.1) is 0 Å². The Hall–Kier alpha value is -2.61. The summed E-state index contributed by atoms with van der Waals surface area (Å²) in [6, 6.07) is 5.13. The van der Waals surface area contributed by atoms with Gasteiger partial charge in [0.2, 0.25) is 0 Å². The van der Waals surface area contributed by atoms with E-state index >= 15 is 0 Å². The van der Waals surface area contributed by atoms with Crippen LogP contribution in [-0.2, 0) is 14.3 Å². The molecule has 0 aliphatic heterocycles. The van der Waals surface area contributed by atoms with E-state index in [1.165, 1.54) is 27.5 Å². The zero-order chi connectivity index (χ0) is 16.4. The number of rotatable bonds is 7.